The SMILES string of the molecule is CCCOc1ccc([C@@H]2C(C(=O)Nc3ccccc3OC)=C(C)NC3=C2C(=O)CCC3)cc1. The number of carbonyl (C=O) groups is 2. The molecule has 6 nitrogen and oxygen atoms in total. The molecule has 4 rings (SSSR count). The molecule has 6 heteroatoms. The van der Waals surface area contributed by atoms with Crippen LogP contribution >= 0.6 is 0 Å². The van der Waals surface area contributed by atoms with Crippen molar-refractivity contribution < 1.29 is 19.1 Å². The summed E-state index contributed by atoms with van der Waals surface area (Å²) in [5.74, 6) is 0.750. The number of Topliss-reactive ketones (excluding diaryl/α,β-unsaturated/α-hetero) is 1. The van der Waals surface area contributed by atoms with Gasteiger partial charge in [0.05, 0.1) is 19.4 Å². The topological polar surface area (TPSA) is 76.7 Å². The van der Waals surface area contributed by atoms with Crippen molar-refractivity contribution in [3.05, 3.63) is 76.6 Å². The molecule has 2 aliphatic rings. The van der Waals surface area contributed by atoms with Crippen LogP contribution in [0.1, 0.15) is 51.0 Å². The lowest BCUT2D eigenvalue weighted by Gasteiger charge is -2.34. The number of hydrogen-bond donors (Lipinski definition) is 2. The van der Waals surface area contributed by atoms with Crippen LogP contribution in [0.5, 0.6) is 11.5 Å². The molecular weight excluding hydrogens is 416 g/mol. The number of benzene rings is 2. The van der Waals surface area contributed by atoms with Gasteiger partial charge in [0.1, 0.15) is 11.5 Å². The molecule has 2 aromatic carbocycles. The van der Waals surface area contributed by atoms with E-state index in [0.717, 1.165) is 42.0 Å². The standard InChI is InChI=1S/C27H30N2O4/c1-4-16-33-19-14-12-18(13-15-19)25-24(17(2)28-21-9-7-10-22(30)26(21)25)27(31)29-20-8-5-6-11-23(20)32-3/h5-6,8,11-15,25,28H,4,7,9-10,16H2,1-3H3,(H,29,31)/t25-/m1/s1. The number of methoxy groups -OCH3 is 1. The fourth-order valence-electron chi connectivity index (χ4n) is 4.53. The van der Waals surface area contributed by atoms with Gasteiger partial charge >= 0.3 is 0 Å². The van der Waals surface area contributed by atoms with Crippen LogP contribution in [-0.2, 0) is 9.59 Å². The highest BCUT2D eigenvalue weighted by Gasteiger charge is 2.38. The molecule has 0 fully saturated rings. The van der Waals surface area contributed by atoms with Gasteiger partial charge in [0.25, 0.3) is 5.91 Å². The highest BCUT2D eigenvalue weighted by Crippen LogP contribution is 2.43. The van der Waals surface area contributed by atoms with Crippen LogP contribution in [0.25, 0.3) is 0 Å². The predicted molar refractivity (Wildman–Crippen MR) is 128 cm³/mol. The number of para-hydroxylation sites is 2. The summed E-state index contributed by atoms with van der Waals surface area (Å²) in [4.78, 5) is 26.7. The maximum Gasteiger partial charge on any atom is 0.254 e. The molecular formula is C27H30N2O4. The first-order valence-corrected chi connectivity index (χ1v) is 11.4. The Kier molecular flexibility index (Phi) is 6.82. The van der Waals surface area contributed by atoms with Crippen molar-refractivity contribution in [2.45, 2.75) is 45.4 Å². The lowest BCUT2D eigenvalue weighted by atomic mass is 9.75. The number of hydrogen-bond acceptors (Lipinski definition) is 5. The molecule has 2 aromatic rings. The van der Waals surface area contributed by atoms with Crippen LogP contribution in [0.2, 0.25) is 0 Å². The third-order valence-corrected chi connectivity index (χ3v) is 6.06. The predicted octanol–water partition coefficient (Wildman–Crippen LogP) is 5.09. The van der Waals surface area contributed by atoms with Crippen molar-refractivity contribution in [3.63, 3.8) is 0 Å². The van der Waals surface area contributed by atoms with Crippen molar-refractivity contribution >= 4 is 17.4 Å². The zero-order chi connectivity index (χ0) is 23.4. The van der Waals surface area contributed by atoms with E-state index in [4.69, 9.17) is 9.47 Å². The van der Waals surface area contributed by atoms with E-state index in [-0.39, 0.29) is 11.7 Å². The van der Waals surface area contributed by atoms with Gasteiger partial charge in [0, 0.05) is 34.9 Å². The Morgan fingerprint density at radius 1 is 1.12 bits per heavy atom. The molecule has 1 aliphatic heterocycles. The third-order valence-electron chi connectivity index (χ3n) is 6.06. The normalized spacial score (nSPS) is 17.9. The maximum atomic E-state index is 13.6. The van der Waals surface area contributed by atoms with Crippen molar-refractivity contribution in [2.75, 3.05) is 19.0 Å². The van der Waals surface area contributed by atoms with Gasteiger partial charge in [0.15, 0.2) is 5.78 Å². The molecule has 172 valence electrons. The van der Waals surface area contributed by atoms with Gasteiger partial charge in [-0.15, -0.1) is 0 Å². The van der Waals surface area contributed by atoms with Gasteiger partial charge in [-0.25, -0.2) is 0 Å². The van der Waals surface area contributed by atoms with Crippen molar-refractivity contribution in [3.8, 4) is 11.5 Å². The van der Waals surface area contributed by atoms with Crippen molar-refractivity contribution in [2.24, 2.45) is 0 Å². The molecule has 2 N–H and O–H groups in total. The van der Waals surface area contributed by atoms with Crippen molar-refractivity contribution in [1.82, 2.24) is 5.32 Å². The molecule has 0 aromatic heterocycles. The smallest absolute Gasteiger partial charge is 0.254 e. The highest BCUT2D eigenvalue weighted by atomic mass is 16.5. The molecule has 0 spiro atoms. The number of ether oxygens (including phenoxy) is 2. The lowest BCUT2D eigenvalue weighted by Crippen LogP contribution is -2.35. The first kappa shape index (κ1) is 22.6. The summed E-state index contributed by atoms with van der Waals surface area (Å²) in [6.45, 7) is 4.60. The average molecular weight is 447 g/mol. The van der Waals surface area contributed by atoms with E-state index in [1.807, 2.05) is 43.3 Å². The summed E-state index contributed by atoms with van der Waals surface area (Å²) >= 11 is 0. The Morgan fingerprint density at radius 2 is 1.88 bits per heavy atom. The van der Waals surface area contributed by atoms with E-state index in [2.05, 4.69) is 17.6 Å². The van der Waals surface area contributed by atoms with Gasteiger partial charge in [-0.05, 0) is 56.0 Å². The number of anilines is 1. The Hall–Kier alpha value is -3.54. The summed E-state index contributed by atoms with van der Waals surface area (Å²) in [6.07, 6.45) is 3.04. The summed E-state index contributed by atoms with van der Waals surface area (Å²) in [5.41, 5.74) is 4.40. The number of nitrogens with one attached hydrogen (secondary N) is 2. The number of carbonyl (C=O) groups excluding carboxylic acids is 2. The van der Waals surface area contributed by atoms with Crippen LogP contribution < -0.4 is 20.1 Å². The fraction of sp³-hybridized carbons (Fsp3) is 0.333. The molecule has 33 heavy (non-hydrogen) atoms. The highest BCUT2D eigenvalue weighted by molar-refractivity contribution is 6.10. The largest absolute Gasteiger partial charge is 0.495 e. The summed E-state index contributed by atoms with van der Waals surface area (Å²) in [7, 11) is 1.57. The molecule has 0 radical (unpaired) electrons. The Labute approximate surface area is 194 Å². The van der Waals surface area contributed by atoms with Crippen LogP contribution in [0, 0.1) is 0 Å². The summed E-state index contributed by atoms with van der Waals surface area (Å²) in [6, 6.07) is 15.0. The van der Waals surface area contributed by atoms with Crippen molar-refractivity contribution in [1.29, 1.82) is 0 Å². The second-order valence-electron chi connectivity index (χ2n) is 8.34. The quantitative estimate of drug-likeness (QED) is 0.620. The van der Waals surface area contributed by atoms with Gasteiger partial charge in [0.2, 0.25) is 0 Å². The number of allylic oxidation sites excluding steroid dienone is 3. The van der Waals surface area contributed by atoms with E-state index in [0.29, 0.717) is 35.6 Å². The van der Waals surface area contributed by atoms with Crippen LogP contribution in [0.15, 0.2) is 71.1 Å². The van der Waals surface area contributed by atoms with E-state index >= 15 is 0 Å². The zero-order valence-electron chi connectivity index (χ0n) is 19.4. The minimum absolute atomic E-state index is 0.0927. The van der Waals surface area contributed by atoms with E-state index < -0.39 is 5.92 Å². The monoisotopic (exact) mass is 446 g/mol. The average Bonchev–Trinajstić information content (AvgIpc) is 2.82. The lowest BCUT2D eigenvalue weighted by molar-refractivity contribution is -0.116. The summed E-state index contributed by atoms with van der Waals surface area (Å²) < 4.78 is 11.1. The van der Waals surface area contributed by atoms with E-state index in [9.17, 15) is 9.59 Å². The molecule has 0 unspecified atom stereocenters. The minimum atomic E-state index is -0.441. The van der Waals surface area contributed by atoms with E-state index in [1.165, 1.54) is 0 Å². The molecule has 1 aliphatic carbocycles. The molecule has 1 amide bonds. The summed E-state index contributed by atoms with van der Waals surface area (Å²) in [5, 5.41) is 6.35. The first-order valence-electron chi connectivity index (χ1n) is 11.4. The Balaban J connectivity index is 1.74. The molecule has 1 atom stereocenters. The Bertz CT molecular complexity index is 1120. The molecule has 0 bridgehead atoms. The van der Waals surface area contributed by atoms with E-state index in [1.54, 1.807) is 19.2 Å². The number of dihydropyridines is 1. The first-order chi connectivity index (χ1) is 16.0. The second-order valence-corrected chi connectivity index (χ2v) is 8.34. The zero-order valence-corrected chi connectivity index (χ0v) is 19.4. The second kappa shape index (κ2) is 9.94. The van der Waals surface area contributed by atoms with Crippen LogP contribution in [-0.4, -0.2) is 25.4 Å². The van der Waals surface area contributed by atoms with Gasteiger partial charge in [-0.1, -0.05) is 31.2 Å². The van der Waals surface area contributed by atoms with Gasteiger partial charge in [-0.2, -0.15) is 0 Å². The maximum absolute atomic E-state index is 13.6. The molecule has 0 saturated heterocycles. The van der Waals surface area contributed by atoms with Crippen LogP contribution in [0.4, 0.5) is 5.69 Å². The Morgan fingerprint density at radius 3 is 2.61 bits per heavy atom. The number of amides is 1. The third kappa shape index (κ3) is 4.65. The fourth-order valence-corrected chi connectivity index (χ4v) is 4.53. The minimum Gasteiger partial charge on any atom is -0.495 e. The number of rotatable bonds is 7. The number of ketones is 1. The molecule has 0 saturated carbocycles. The molecule has 1 heterocycles. The van der Waals surface area contributed by atoms with Gasteiger partial charge in [-0.3, -0.25) is 9.59 Å². The van der Waals surface area contributed by atoms with Crippen LogP contribution in [0.3, 0.4) is 0 Å². The van der Waals surface area contributed by atoms with Gasteiger partial charge < -0.3 is 20.1 Å².